The monoisotopic (exact) mass is 627 g/mol. The van der Waals surface area contributed by atoms with Gasteiger partial charge in [0.25, 0.3) is 11.5 Å². The van der Waals surface area contributed by atoms with Crippen LogP contribution in [0.25, 0.3) is 17.2 Å². The summed E-state index contributed by atoms with van der Waals surface area (Å²) in [5, 5.41) is 17.4. The van der Waals surface area contributed by atoms with Crippen molar-refractivity contribution in [1.29, 1.82) is 0 Å². The number of rotatable bonds is 5. The molecule has 4 aromatic rings. The number of fused-ring (bicyclic) bond motifs is 3. The number of ether oxygens (including phenoxy) is 1. The lowest BCUT2D eigenvalue weighted by molar-refractivity contribution is -0.108. The number of aldehydes is 1. The summed E-state index contributed by atoms with van der Waals surface area (Å²) >= 11 is 0. The van der Waals surface area contributed by atoms with Crippen molar-refractivity contribution in [3.8, 4) is 17.1 Å². The molecule has 2 fully saturated rings. The van der Waals surface area contributed by atoms with Gasteiger partial charge in [0, 0.05) is 63.8 Å². The maximum absolute atomic E-state index is 14.0. The largest absolute Gasteiger partial charge is 0.505 e. The Morgan fingerprint density at radius 3 is 2.46 bits per heavy atom. The summed E-state index contributed by atoms with van der Waals surface area (Å²) < 4.78 is 9.21. The summed E-state index contributed by atoms with van der Waals surface area (Å²) in [5.41, 5.74) is 1.39. The number of hydrogen-bond acceptors (Lipinski definition) is 10. The number of aromatic nitrogens is 5. The second-order valence-electron chi connectivity index (χ2n) is 11.6. The summed E-state index contributed by atoms with van der Waals surface area (Å²) in [4.78, 5) is 65.1. The maximum atomic E-state index is 14.0. The molecule has 1 aromatic carbocycles. The van der Waals surface area contributed by atoms with Gasteiger partial charge in [0.15, 0.2) is 11.5 Å². The fourth-order valence-electron chi connectivity index (χ4n) is 6.70. The predicted molar refractivity (Wildman–Crippen MR) is 164 cm³/mol. The molecule has 1 spiro atoms. The summed E-state index contributed by atoms with van der Waals surface area (Å²) in [6.07, 6.45) is 2.90. The van der Waals surface area contributed by atoms with Crippen molar-refractivity contribution in [2.75, 3.05) is 51.2 Å². The van der Waals surface area contributed by atoms with Crippen LogP contribution in [0.2, 0.25) is 0 Å². The molecule has 3 amide bonds. The van der Waals surface area contributed by atoms with Gasteiger partial charge >= 0.3 is 6.03 Å². The van der Waals surface area contributed by atoms with Crippen molar-refractivity contribution in [2.24, 2.45) is 0 Å². The number of piperidine rings is 1. The van der Waals surface area contributed by atoms with Crippen LogP contribution < -0.4 is 15.8 Å². The molecule has 0 unspecified atom stereocenters. The fourth-order valence-corrected chi connectivity index (χ4v) is 6.70. The Hall–Kier alpha value is -5.31. The number of hydrogen-bond donors (Lipinski definition) is 2. The van der Waals surface area contributed by atoms with Gasteiger partial charge in [-0.2, -0.15) is 9.50 Å². The van der Waals surface area contributed by atoms with Crippen LogP contribution in [-0.2, 0) is 28.3 Å². The highest BCUT2D eigenvalue weighted by molar-refractivity contribution is 5.94. The van der Waals surface area contributed by atoms with Gasteiger partial charge in [0.05, 0.1) is 24.4 Å². The van der Waals surface area contributed by atoms with Crippen molar-refractivity contribution in [1.82, 2.24) is 39.3 Å². The highest BCUT2D eigenvalue weighted by Crippen LogP contribution is 2.43. The molecule has 0 radical (unpaired) electrons. The summed E-state index contributed by atoms with van der Waals surface area (Å²) in [6.45, 7) is 3.31. The van der Waals surface area contributed by atoms with E-state index in [-0.39, 0.29) is 55.1 Å². The third-order valence-electron chi connectivity index (χ3n) is 9.17. The summed E-state index contributed by atoms with van der Waals surface area (Å²) in [6, 6.07) is 10.6. The minimum absolute atomic E-state index is 0.0204. The first-order valence-electron chi connectivity index (χ1n) is 15.2. The van der Waals surface area contributed by atoms with Gasteiger partial charge < -0.3 is 39.2 Å². The van der Waals surface area contributed by atoms with Crippen LogP contribution in [0.4, 0.5) is 10.5 Å². The van der Waals surface area contributed by atoms with Crippen molar-refractivity contribution in [3.05, 3.63) is 69.9 Å². The Morgan fingerprint density at radius 2 is 1.78 bits per heavy atom. The van der Waals surface area contributed by atoms with Crippen LogP contribution in [0.5, 0.6) is 5.75 Å². The van der Waals surface area contributed by atoms with Gasteiger partial charge in [-0.15, -0.1) is 5.10 Å². The molecule has 3 aromatic heterocycles. The second-order valence-corrected chi connectivity index (χ2v) is 11.6. The molecular formula is C31H33N9O6. The number of pyridine rings is 1. The summed E-state index contributed by atoms with van der Waals surface area (Å²) in [5.74, 6) is 0.0194. The number of benzene rings is 1. The Morgan fingerprint density at radius 1 is 1.04 bits per heavy atom. The molecule has 0 atom stereocenters. The first-order valence-corrected chi connectivity index (χ1v) is 15.2. The van der Waals surface area contributed by atoms with Gasteiger partial charge in [0.1, 0.15) is 17.6 Å². The number of carbonyl (C=O) groups excluding carboxylic acids is 3. The number of aromatic hydroxyl groups is 1. The number of anilines is 1. The lowest BCUT2D eigenvalue weighted by Gasteiger charge is -2.38. The lowest BCUT2D eigenvalue weighted by Crippen LogP contribution is -2.51. The molecule has 46 heavy (non-hydrogen) atoms. The molecular weight excluding hydrogens is 594 g/mol. The molecule has 0 aliphatic carbocycles. The zero-order chi connectivity index (χ0) is 32.0. The van der Waals surface area contributed by atoms with E-state index < -0.39 is 11.5 Å². The molecule has 3 aliphatic heterocycles. The molecule has 7 rings (SSSR count). The number of amides is 3. The van der Waals surface area contributed by atoms with Crippen LogP contribution in [-0.4, -0.2) is 104 Å². The Bertz CT molecular complexity index is 1890. The van der Waals surface area contributed by atoms with Crippen molar-refractivity contribution in [3.63, 3.8) is 0 Å². The highest BCUT2D eigenvalue weighted by Gasteiger charge is 2.48. The van der Waals surface area contributed by atoms with Gasteiger partial charge in [-0.05, 0) is 49.2 Å². The van der Waals surface area contributed by atoms with E-state index in [2.05, 4.69) is 25.3 Å². The fraction of sp³-hybridized carbons (Fsp3) is 0.387. The van der Waals surface area contributed by atoms with Gasteiger partial charge in [0.2, 0.25) is 5.78 Å². The van der Waals surface area contributed by atoms with E-state index in [1.165, 1.54) is 16.8 Å². The maximum Gasteiger partial charge on any atom is 0.317 e. The minimum Gasteiger partial charge on any atom is -0.505 e. The van der Waals surface area contributed by atoms with Crippen LogP contribution in [0.15, 0.2) is 47.4 Å². The van der Waals surface area contributed by atoms with E-state index >= 15 is 0 Å². The zero-order valence-corrected chi connectivity index (χ0v) is 25.3. The van der Waals surface area contributed by atoms with E-state index in [4.69, 9.17) is 4.74 Å². The molecule has 15 nitrogen and oxygen atoms in total. The second kappa shape index (κ2) is 11.6. The molecule has 0 saturated carbocycles. The molecule has 2 saturated heterocycles. The Labute approximate surface area is 263 Å². The van der Waals surface area contributed by atoms with Crippen LogP contribution >= 0.6 is 0 Å². The third kappa shape index (κ3) is 4.83. The van der Waals surface area contributed by atoms with E-state index in [0.717, 1.165) is 12.0 Å². The molecule has 3 aliphatic rings. The number of nitrogens with one attached hydrogen (secondary N) is 1. The van der Waals surface area contributed by atoms with E-state index in [9.17, 15) is 24.3 Å². The van der Waals surface area contributed by atoms with Crippen LogP contribution in [0, 0.1) is 0 Å². The number of urea groups is 1. The summed E-state index contributed by atoms with van der Waals surface area (Å²) in [7, 11) is 1.63. The van der Waals surface area contributed by atoms with Gasteiger partial charge in [-0.25, -0.2) is 9.78 Å². The van der Waals surface area contributed by atoms with Crippen LogP contribution in [0.1, 0.15) is 34.6 Å². The number of nitrogens with zero attached hydrogens (tertiary/aromatic N) is 8. The van der Waals surface area contributed by atoms with Crippen molar-refractivity contribution in [2.45, 2.75) is 31.6 Å². The van der Waals surface area contributed by atoms with Crippen molar-refractivity contribution >= 4 is 29.7 Å². The smallest absolute Gasteiger partial charge is 0.317 e. The molecule has 0 bridgehead atoms. The van der Waals surface area contributed by atoms with Gasteiger partial charge in [-0.1, -0.05) is 0 Å². The standard InChI is InChI=1S/C31H33N9O6/c1-32-30(45)38-15-13-36(14-16-38)21-6-4-20(5-7-21)26-34-29-39(17-18-41)22-19-46-31(24(22)27(43)40(29)35-26)8-11-37(12-9-31)28(44)25-23(42)3-2-10-33-25/h2-7,10,18,42H,8-9,11-17,19H2,1H3,(H,32,45). The normalized spacial score (nSPS) is 17.4. The Balaban J connectivity index is 1.16. The zero-order valence-electron chi connectivity index (χ0n) is 25.3. The lowest BCUT2D eigenvalue weighted by atomic mass is 9.85. The average molecular weight is 628 g/mol. The topological polar surface area (TPSA) is 167 Å². The number of likely N-dealkylation sites (tertiary alicyclic amines) is 1. The molecule has 238 valence electrons. The number of piperazine rings is 1. The average Bonchev–Trinajstić information content (AvgIpc) is 3.70. The van der Waals surface area contributed by atoms with E-state index in [1.54, 1.807) is 27.5 Å². The highest BCUT2D eigenvalue weighted by atomic mass is 16.5. The van der Waals surface area contributed by atoms with Crippen molar-refractivity contribution < 1.29 is 24.2 Å². The number of carbonyl (C=O) groups is 3. The van der Waals surface area contributed by atoms with E-state index in [0.29, 0.717) is 61.7 Å². The van der Waals surface area contributed by atoms with Crippen LogP contribution in [0.3, 0.4) is 0 Å². The molecule has 6 heterocycles. The van der Waals surface area contributed by atoms with Gasteiger partial charge in [-0.3, -0.25) is 9.59 Å². The first-order chi connectivity index (χ1) is 22.3. The minimum atomic E-state index is -0.955. The third-order valence-corrected chi connectivity index (χ3v) is 9.17. The molecule has 2 N–H and O–H groups in total. The molecule has 15 heteroatoms. The van der Waals surface area contributed by atoms with E-state index in [1.807, 2.05) is 24.3 Å². The SMILES string of the molecule is CNC(=O)N1CCN(c2ccc(-c3nc4n(CC=O)c5c(c(=O)n4n3)C3(CCN(C(=O)c4ncccc4O)CC3)OC5)cc2)CC1. The first kappa shape index (κ1) is 29.4. The Kier molecular flexibility index (Phi) is 7.39. The predicted octanol–water partition coefficient (Wildman–Crippen LogP) is 0.981. The quantitative estimate of drug-likeness (QED) is 0.305.